The van der Waals surface area contributed by atoms with E-state index in [1.165, 1.54) is 6.92 Å². The molecular formula is C9H9NO3. The molecule has 1 unspecified atom stereocenters. The Bertz CT molecular complexity index is 312. The molecule has 0 saturated carbocycles. The van der Waals surface area contributed by atoms with Gasteiger partial charge in [-0.1, -0.05) is 6.07 Å². The van der Waals surface area contributed by atoms with Gasteiger partial charge in [0.05, 0.1) is 6.42 Å². The molecule has 0 aromatic carbocycles. The summed E-state index contributed by atoms with van der Waals surface area (Å²) in [5.41, 5.74) is 0.980. The van der Waals surface area contributed by atoms with E-state index in [-0.39, 0.29) is 5.97 Å². The van der Waals surface area contributed by atoms with E-state index < -0.39 is 6.29 Å². The van der Waals surface area contributed by atoms with Crippen molar-refractivity contribution in [1.82, 2.24) is 4.98 Å². The van der Waals surface area contributed by atoms with Crippen LogP contribution in [0.5, 0.6) is 5.88 Å². The molecule has 0 saturated heterocycles. The van der Waals surface area contributed by atoms with Gasteiger partial charge in [-0.2, -0.15) is 0 Å². The Hall–Kier alpha value is -1.58. The smallest absolute Gasteiger partial charge is 0.305 e. The summed E-state index contributed by atoms with van der Waals surface area (Å²) >= 11 is 0. The van der Waals surface area contributed by atoms with Gasteiger partial charge in [-0.3, -0.25) is 4.79 Å². The number of esters is 1. The van der Waals surface area contributed by atoms with Crippen molar-refractivity contribution in [2.24, 2.45) is 0 Å². The number of fused-ring (bicyclic) bond motifs is 1. The Morgan fingerprint density at radius 3 is 3.31 bits per heavy atom. The molecule has 0 fully saturated rings. The second kappa shape index (κ2) is 3.05. The number of carbonyl (C=O) groups is 1. The first-order valence-electron chi connectivity index (χ1n) is 4.03. The molecule has 1 aromatic rings. The Morgan fingerprint density at radius 2 is 2.62 bits per heavy atom. The van der Waals surface area contributed by atoms with Gasteiger partial charge in [-0.25, -0.2) is 4.98 Å². The van der Waals surface area contributed by atoms with Crippen LogP contribution >= 0.6 is 0 Å². The third-order valence-electron chi connectivity index (χ3n) is 1.78. The van der Waals surface area contributed by atoms with Crippen LogP contribution in [-0.2, 0) is 16.0 Å². The average Bonchev–Trinajstić information content (AvgIpc) is 2.44. The summed E-state index contributed by atoms with van der Waals surface area (Å²) < 4.78 is 10.2. The van der Waals surface area contributed by atoms with Crippen LogP contribution in [-0.4, -0.2) is 17.2 Å². The number of pyridine rings is 1. The van der Waals surface area contributed by atoms with Gasteiger partial charge < -0.3 is 9.47 Å². The first-order valence-corrected chi connectivity index (χ1v) is 4.03. The topological polar surface area (TPSA) is 48.4 Å². The van der Waals surface area contributed by atoms with Crippen molar-refractivity contribution in [2.45, 2.75) is 19.6 Å². The van der Waals surface area contributed by atoms with Gasteiger partial charge in [-0.05, 0) is 6.07 Å². The Kier molecular flexibility index (Phi) is 1.88. The maximum atomic E-state index is 10.6. The minimum absolute atomic E-state index is 0.335. The number of nitrogens with zero attached hydrogens (tertiary/aromatic N) is 1. The van der Waals surface area contributed by atoms with Crippen molar-refractivity contribution in [1.29, 1.82) is 0 Å². The van der Waals surface area contributed by atoms with Gasteiger partial charge in [0.2, 0.25) is 12.2 Å². The Labute approximate surface area is 75.5 Å². The highest BCUT2D eigenvalue weighted by Gasteiger charge is 2.25. The lowest BCUT2D eigenvalue weighted by Gasteiger charge is -2.08. The predicted octanol–water partition coefficient (Wildman–Crippen LogP) is 0.906. The summed E-state index contributed by atoms with van der Waals surface area (Å²) in [6.07, 6.45) is 1.74. The monoisotopic (exact) mass is 179 g/mol. The number of carbonyl (C=O) groups excluding carboxylic acids is 1. The number of rotatable bonds is 1. The van der Waals surface area contributed by atoms with Crippen LogP contribution < -0.4 is 4.74 Å². The van der Waals surface area contributed by atoms with Crippen molar-refractivity contribution >= 4 is 5.97 Å². The van der Waals surface area contributed by atoms with E-state index in [2.05, 4.69) is 4.98 Å². The molecule has 0 bridgehead atoms. The van der Waals surface area contributed by atoms with E-state index in [0.29, 0.717) is 12.3 Å². The van der Waals surface area contributed by atoms with Gasteiger partial charge in [-0.15, -0.1) is 0 Å². The lowest BCUT2D eigenvalue weighted by Crippen LogP contribution is -2.20. The normalized spacial score (nSPS) is 19.0. The second-order valence-electron chi connectivity index (χ2n) is 2.83. The van der Waals surface area contributed by atoms with Crippen LogP contribution in [0, 0.1) is 0 Å². The molecule has 0 aliphatic carbocycles. The van der Waals surface area contributed by atoms with Gasteiger partial charge in [0.15, 0.2) is 0 Å². The van der Waals surface area contributed by atoms with E-state index in [1.807, 2.05) is 12.1 Å². The van der Waals surface area contributed by atoms with Crippen LogP contribution in [0.4, 0.5) is 0 Å². The zero-order chi connectivity index (χ0) is 9.26. The highest BCUT2D eigenvalue weighted by molar-refractivity contribution is 5.66. The molecular weight excluding hydrogens is 170 g/mol. The van der Waals surface area contributed by atoms with E-state index in [9.17, 15) is 4.79 Å². The number of aromatic nitrogens is 1. The van der Waals surface area contributed by atoms with E-state index in [1.54, 1.807) is 6.20 Å². The molecule has 2 heterocycles. The molecule has 1 aliphatic heterocycles. The Morgan fingerprint density at radius 1 is 1.77 bits per heavy atom. The molecule has 13 heavy (non-hydrogen) atoms. The van der Waals surface area contributed by atoms with E-state index in [4.69, 9.17) is 9.47 Å². The quantitative estimate of drug-likeness (QED) is 0.601. The van der Waals surface area contributed by atoms with E-state index in [0.717, 1.165) is 5.56 Å². The summed E-state index contributed by atoms with van der Waals surface area (Å²) in [5.74, 6) is 0.228. The van der Waals surface area contributed by atoms with Gasteiger partial charge in [0.1, 0.15) is 0 Å². The molecule has 0 radical (unpaired) electrons. The maximum Gasteiger partial charge on any atom is 0.305 e. The largest absolute Gasteiger partial charge is 0.437 e. The maximum absolute atomic E-state index is 10.6. The summed E-state index contributed by atoms with van der Waals surface area (Å²) in [7, 11) is 0. The van der Waals surface area contributed by atoms with Crippen LogP contribution in [0.1, 0.15) is 12.5 Å². The summed E-state index contributed by atoms with van der Waals surface area (Å²) in [6, 6.07) is 3.74. The molecule has 1 aliphatic rings. The van der Waals surface area contributed by atoms with Crippen molar-refractivity contribution in [3.63, 3.8) is 0 Å². The average molecular weight is 179 g/mol. The second-order valence-corrected chi connectivity index (χ2v) is 2.83. The molecule has 0 amide bonds. The minimum Gasteiger partial charge on any atom is -0.437 e. The summed E-state index contributed by atoms with van der Waals surface area (Å²) in [4.78, 5) is 14.6. The fourth-order valence-electron chi connectivity index (χ4n) is 1.28. The minimum atomic E-state index is -0.498. The van der Waals surface area contributed by atoms with Crippen LogP contribution in [0.3, 0.4) is 0 Å². The number of hydrogen-bond acceptors (Lipinski definition) is 4. The predicted molar refractivity (Wildman–Crippen MR) is 44.1 cm³/mol. The summed E-state index contributed by atoms with van der Waals surface area (Å²) in [6.45, 7) is 1.36. The number of hydrogen-bond donors (Lipinski definition) is 0. The van der Waals surface area contributed by atoms with Gasteiger partial charge >= 0.3 is 5.97 Å². The molecule has 2 rings (SSSR count). The highest BCUT2D eigenvalue weighted by atomic mass is 16.7. The van der Waals surface area contributed by atoms with Gasteiger partial charge in [0, 0.05) is 18.7 Å². The molecule has 68 valence electrons. The lowest BCUT2D eigenvalue weighted by atomic mass is 10.2. The molecule has 4 heteroatoms. The molecule has 4 nitrogen and oxygen atoms in total. The third kappa shape index (κ3) is 1.61. The van der Waals surface area contributed by atoms with Crippen molar-refractivity contribution in [3.05, 3.63) is 23.9 Å². The first-order chi connectivity index (χ1) is 6.25. The molecule has 0 N–H and O–H groups in total. The van der Waals surface area contributed by atoms with Crippen molar-refractivity contribution < 1.29 is 14.3 Å². The standard InChI is InChI=1S/C9H9NO3/c1-6(11)12-8-5-7-3-2-4-10-9(7)13-8/h2-4,8H,5H2,1H3. The molecule has 1 aromatic heterocycles. The zero-order valence-electron chi connectivity index (χ0n) is 7.19. The first kappa shape index (κ1) is 8.04. The van der Waals surface area contributed by atoms with Crippen molar-refractivity contribution in [3.8, 4) is 5.88 Å². The Balaban J connectivity index is 2.09. The van der Waals surface area contributed by atoms with Crippen molar-refractivity contribution in [2.75, 3.05) is 0 Å². The van der Waals surface area contributed by atoms with E-state index >= 15 is 0 Å². The van der Waals surface area contributed by atoms with Crippen LogP contribution in [0.25, 0.3) is 0 Å². The molecule has 1 atom stereocenters. The fraction of sp³-hybridized carbons (Fsp3) is 0.333. The molecule has 0 spiro atoms. The number of ether oxygens (including phenoxy) is 2. The SMILES string of the molecule is CC(=O)OC1Cc2cccnc2O1. The third-order valence-corrected chi connectivity index (χ3v) is 1.78. The zero-order valence-corrected chi connectivity index (χ0v) is 7.19. The highest BCUT2D eigenvalue weighted by Crippen LogP contribution is 2.25. The van der Waals surface area contributed by atoms with Crippen LogP contribution in [0.2, 0.25) is 0 Å². The summed E-state index contributed by atoms with van der Waals surface area (Å²) in [5, 5.41) is 0. The fourth-order valence-corrected chi connectivity index (χ4v) is 1.28. The van der Waals surface area contributed by atoms with Crippen LogP contribution in [0.15, 0.2) is 18.3 Å². The van der Waals surface area contributed by atoms with Gasteiger partial charge in [0.25, 0.3) is 0 Å². The lowest BCUT2D eigenvalue weighted by molar-refractivity contribution is -0.158.